The molecular formula is C9H10N4O. The van der Waals surface area contributed by atoms with Crippen LogP contribution in [0.3, 0.4) is 0 Å². The van der Waals surface area contributed by atoms with E-state index in [4.69, 9.17) is 5.53 Å². The number of nitrogens with zero attached hydrogens (tertiary/aromatic N) is 4. The average molecular weight is 190 g/mol. The third-order valence-corrected chi connectivity index (χ3v) is 1.59. The zero-order chi connectivity index (χ0) is 10.4. The molecule has 0 fully saturated rings. The van der Waals surface area contributed by atoms with E-state index >= 15 is 0 Å². The van der Waals surface area contributed by atoms with Crippen molar-refractivity contribution in [3.63, 3.8) is 0 Å². The lowest BCUT2D eigenvalue weighted by atomic mass is 10.2. The first-order valence-corrected chi connectivity index (χ1v) is 4.17. The number of rotatable bonds is 2. The van der Waals surface area contributed by atoms with E-state index in [1.165, 1.54) is 6.07 Å². The summed E-state index contributed by atoms with van der Waals surface area (Å²) in [7, 11) is 0. The van der Waals surface area contributed by atoms with Crippen LogP contribution in [0.15, 0.2) is 34.4 Å². The molecule has 0 unspecified atom stereocenters. The molecule has 0 bridgehead atoms. The van der Waals surface area contributed by atoms with Gasteiger partial charge in [0, 0.05) is 17.0 Å². The summed E-state index contributed by atoms with van der Waals surface area (Å²) in [4.78, 5) is 6.64. The first-order chi connectivity index (χ1) is 6.79. The van der Waals surface area contributed by atoms with Crippen molar-refractivity contribution in [3.8, 4) is 5.75 Å². The second kappa shape index (κ2) is 4.89. The van der Waals surface area contributed by atoms with Crippen LogP contribution in [0.25, 0.3) is 10.4 Å². The molecule has 5 nitrogen and oxygen atoms in total. The Hall–Kier alpha value is -2.00. The number of aliphatic imine (C=N–C) groups is 1. The highest BCUT2D eigenvalue weighted by atomic mass is 16.3. The standard InChI is InChI=1S/C9H10N4O/c1-2-11-9(12-13-10)7-5-3-4-6-8(7)14/h3-6,14H,2H2,1H3. The van der Waals surface area contributed by atoms with Crippen molar-refractivity contribution in [2.24, 2.45) is 10.1 Å². The second-order valence-electron chi connectivity index (χ2n) is 2.50. The van der Waals surface area contributed by atoms with E-state index in [1.807, 2.05) is 6.92 Å². The largest absolute Gasteiger partial charge is 0.507 e. The Morgan fingerprint density at radius 3 is 2.79 bits per heavy atom. The molecule has 1 aromatic carbocycles. The van der Waals surface area contributed by atoms with Gasteiger partial charge in [-0.2, -0.15) is 0 Å². The number of benzene rings is 1. The van der Waals surface area contributed by atoms with E-state index < -0.39 is 0 Å². The molecule has 1 N–H and O–H groups in total. The fraction of sp³-hybridized carbons (Fsp3) is 0.222. The van der Waals surface area contributed by atoms with Crippen LogP contribution >= 0.6 is 0 Å². The summed E-state index contributed by atoms with van der Waals surface area (Å²) in [5.74, 6) is 0.278. The number of para-hydroxylation sites is 1. The van der Waals surface area contributed by atoms with Crippen molar-refractivity contribution >= 4 is 5.84 Å². The van der Waals surface area contributed by atoms with Crippen molar-refractivity contribution in [2.45, 2.75) is 6.92 Å². The molecule has 1 aromatic rings. The monoisotopic (exact) mass is 190 g/mol. The van der Waals surface area contributed by atoms with Crippen LogP contribution in [-0.4, -0.2) is 17.5 Å². The van der Waals surface area contributed by atoms with Gasteiger partial charge in [-0.25, -0.2) is 0 Å². The van der Waals surface area contributed by atoms with Gasteiger partial charge >= 0.3 is 0 Å². The van der Waals surface area contributed by atoms with Gasteiger partial charge in [-0.3, -0.25) is 4.99 Å². The third-order valence-electron chi connectivity index (χ3n) is 1.59. The highest BCUT2D eigenvalue weighted by molar-refractivity contribution is 6.01. The lowest BCUT2D eigenvalue weighted by Gasteiger charge is -2.01. The lowest BCUT2D eigenvalue weighted by molar-refractivity contribution is 0.474. The smallest absolute Gasteiger partial charge is 0.132 e. The van der Waals surface area contributed by atoms with Gasteiger partial charge in [-0.15, -0.1) is 0 Å². The molecule has 14 heavy (non-hydrogen) atoms. The summed E-state index contributed by atoms with van der Waals surface area (Å²) in [6.07, 6.45) is 0. The summed E-state index contributed by atoms with van der Waals surface area (Å²) >= 11 is 0. The average Bonchev–Trinajstić information content (AvgIpc) is 2.18. The summed E-state index contributed by atoms with van der Waals surface area (Å²) in [5.41, 5.74) is 8.76. The Bertz CT molecular complexity index is 394. The van der Waals surface area contributed by atoms with Gasteiger partial charge in [0.15, 0.2) is 0 Å². The van der Waals surface area contributed by atoms with Crippen molar-refractivity contribution < 1.29 is 5.11 Å². The zero-order valence-electron chi connectivity index (χ0n) is 7.75. The lowest BCUT2D eigenvalue weighted by Crippen LogP contribution is -1.97. The molecule has 0 aromatic heterocycles. The number of hydrogen-bond acceptors (Lipinski definition) is 2. The Kier molecular flexibility index (Phi) is 3.52. The molecule has 72 valence electrons. The van der Waals surface area contributed by atoms with E-state index in [-0.39, 0.29) is 11.6 Å². The van der Waals surface area contributed by atoms with Crippen LogP contribution in [0.2, 0.25) is 0 Å². The SMILES string of the molecule is CCN=C(N=[N+]=[N-])c1ccccc1O. The van der Waals surface area contributed by atoms with Crippen LogP contribution in [-0.2, 0) is 0 Å². The predicted octanol–water partition coefficient (Wildman–Crippen LogP) is 2.47. The van der Waals surface area contributed by atoms with Crippen LogP contribution in [0.4, 0.5) is 0 Å². The van der Waals surface area contributed by atoms with Gasteiger partial charge in [-0.05, 0) is 29.7 Å². The normalized spacial score (nSPS) is 10.8. The second-order valence-corrected chi connectivity index (χ2v) is 2.50. The first-order valence-electron chi connectivity index (χ1n) is 4.17. The molecule has 5 heteroatoms. The molecule has 0 saturated heterocycles. The topological polar surface area (TPSA) is 81.4 Å². The van der Waals surface area contributed by atoms with Crippen LogP contribution in [0.1, 0.15) is 12.5 Å². The van der Waals surface area contributed by atoms with Crippen LogP contribution < -0.4 is 0 Å². The number of azide groups is 1. The van der Waals surface area contributed by atoms with Gasteiger partial charge in [-0.1, -0.05) is 12.1 Å². The number of hydrogen-bond donors (Lipinski definition) is 1. The maximum absolute atomic E-state index is 9.47. The van der Waals surface area contributed by atoms with Gasteiger partial charge in [0.25, 0.3) is 0 Å². The number of aromatic hydroxyl groups is 1. The third kappa shape index (κ3) is 2.24. The quantitative estimate of drug-likeness (QED) is 0.251. The number of phenols is 1. The molecule has 0 radical (unpaired) electrons. The van der Waals surface area contributed by atoms with Gasteiger partial charge in [0.1, 0.15) is 11.6 Å². The first kappa shape index (κ1) is 10.1. The van der Waals surface area contributed by atoms with E-state index in [9.17, 15) is 5.11 Å². The molecule has 1 rings (SSSR count). The predicted molar refractivity (Wildman–Crippen MR) is 54.3 cm³/mol. The van der Waals surface area contributed by atoms with E-state index in [1.54, 1.807) is 18.2 Å². The fourth-order valence-electron chi connectivity index (χ4n) is 1.03. The minimum atomic E-state index is 0.0621. The van der Waals surface area contributed by atoms with Gasteiger partial charge in [0.2, 0.25) is 0 Å². The van der Waals surface area contributed by atoms with Gasteiger partial charge < -0.3 is 5.11 Å². The van der Waals surface area contributed by atoms with E-state index in [0.29, 0.717) is 12.1 Å². The molecule has 0 saturated carbocycles. The Morgan fingerprint density at radius 2 is 2.21 bits per heavy atom. The fourth-order valence-corrected chi connectivity index (χ4v) is 1.03. The Labute approximate surface area is 81.3 Å². The van der Waals surface area contributed by atoms with E-state index in [2.05, 4.69) is 15.0 Å². The molecule has 0 heterocycles. The Balaban J connectivity index is 3.18. The molecule has 0 aliphatic heterocycles. The summed E-state index contributed by atoms with van der Waals surface area (Å²) in [6, 6.07) is 6.61. The van der Waals surface area contributed by atoms with Crippen molar-refractivity contribution in [1.82, 2.24) is 0 Å². The highest BCUT2D eigenvalue weighted by Gasteiger charge is 2.04. The van der Waals surface area contributed by atoms with Crippen LogP contribution in [0, 0.1) is 0 Å². The van der Waals surface area contributed by atoms with Crippen molar-refractivity contribution in [1.29, 1.82) is 0 Å². The van der Waals surface area contributed by atoms with Crippen LogP contribution in [0.5, 0.6) is 5.75 Å². The molecule has 0 aliphatic rings. The molecule has 0 aliphatic carbocycles. The molecule has 0 atom stereocenters. The number of phenolic OH excluding ortho intramolecular Hbond substituents is 1. The minimum Gasteiger partial charge on any atom is -0.507 e. The maximum Gasteiger partial charge on any atom is 0.132 e. The highest BCUT2D eigenvalue weighted by Crippen LogP contribution is 2.17. The summed E-state index contributed by atoms with van der Waals surface area (Å²) in [6.45, 7) is 2.33. The van der Waals surface area contributed by atoms with Crippen molar-refractivity contribution in [3.05, 3.63) is 40.3 Å². The number of amidine groups is 1. The Morgan fingerprint density at radius 1 is 1.50 bits per heavy atom. The molecule has 0 spiro atoms. The molecular weight excluding hydrogens is 180 g/mol. The summed E-state index contributed by atoms with van der Waals surface area (Å²) in [5, 5.41) is 12.9. The maximum atomic E-state index is 9.47. The van der Waals surface area contributed by atoms with Gasteiger partial charge in [0.05, 0.1) is 0 Å². The summed E-state index contributed by atoms with van der Waals surface area (Å²) < 4.78 is 0. The van der Waals surface area contributed by atoms with Crippen molar-refractivity contribution in [2.75, 3.05) is 6.54 Å². The minimum absolute atomic E-state index is 0.0621. The van der Waals surface area contributed by atoms with E-state index in [0.717, 1.165) is 0 Å². The molecule has 0 amide bonds. The zero-order valence-corrected chi connectivity index (χ0v) is 7.75.